The van der Waals surface area contributed by atoms with E-state index in [9.17, 15) is 9.59 Å². The number of nitrogens with one attached hydrogen (secondary N) is 1. The highest BCUT2D eigenvalue weighted by Crippen LogP contribution is 2.28. The van der Waals surface area contributed by atoms with Crippen LogP contribution in [0.4, 0.5) is 11.4 Å². The first-order valence-corrected chi connectivity index (χ1v) is 9.44. The van der Waals surface area contributed by atoms with Crippen molar-refractivity contribution < 1.29 is 4.79 Å². The van der Waals surface area contributed by atoms with Gasteiger partial charge < -0.3 is 10.2 Å². The molecule has 0 bridgehead atoms. The van der Waals surface area contributed by atoms with Crippen molar-refractivity contribution in [3.8, 4) is 0 Å². The van der Waals surface area contributed by atoms with Crippen LogP contribution < -0.4 is 15.8 Å². The van der Waals surface area contributed by atoms with Gasteiger partial charge in [0.05, 0.1) is 16.8 Å². The highest BCUT2D eigenvalue weighted by atomic mass is 35.5. The minimum atomic E-state index is -0.390. The van der Waals surface area contributed by atoms with Crippen LogP contribution in [0.2, 0.25) is 5.02 Å². The number of aromatic nitrogens is 2. The zero-order chi connectivity index (χ0) is 20.4. The third-order valence-electron chi connectivity index (χ3n) is 4.31. The fraction of sp³-hybridized carbons (Fsp3) is 0.286. The highest BCUT2D eigenvalue weighted by Gasteiger charge is 2.19. The highest BCUT2D eigenvalue weighted by molar-refractivity contribution is 6.31. The average molecular weight is 399 g/mol. The summed E-state index contributed by atoms with van der Waals surface area (Å²) in [5.41, 5.74) is 1.41. The lowest BCUT2D eigenvalue weighted by Gasteiger charge is -2.18. The van der Waals surface area contributed by atoms with E-state index in [-0.39, 0.29) is 23.1 Å². The number of anilines is 2. The molecule has 0 unspecified atom stereocenters. The Labute approximate surface area is 168 Å². The molecular weight excluding hydrogens is 376 g/mol. The summed E-state index contributed by atoms with van der Waals surface area (Å²) in [4.78, 5) is 27.7. The molecule has 6 nitrogen and oxygen atoms in total. The van der Waals surface area contributed by atoms with Gasteiger partial charge in [-0.05, 0) is 30.2 Å². The number of hydrogen-bond donors (Lipinski definition) is 1. The van der Waals surface area contributed by atoms with Crippen LogP contribution in [0.5, 0.6) is 0 Å². The van der Waals surface area contributed by atoms with Gasteiger partial charge in [-0.3, -0.25) is 9.59 Å². The van der Waals surface area contributed by atoms with Crippen LogP contribution in [0, 0.1) is 5.92 Å². The van der Waals surface area contributed by atoms with Crippen molar-refractivity contribution in [2.45, 2.75) is 20.4 Å². The SMILES string of the molecule is CC(C)Cn1nc(C(=O)Nc2cc(Cl)ccc2N(C)C)c2ccccc2c1=O. The molecule has 1 N–H and O–H groups in total. The predicted octanol–water partition coefficient (Wildman–Crippen LogP) is 4.02. The molecule has 28 heavy (non-hydrogen) atoms. The molecule has 1 heterocycles. The molecule has 0 spiro atoms. The van der Waals surface area contributed by atoms with Crippen molar-refractivity contribution in [2.24, 2.45) is 5.92 Å². The van der Waals surface area contributed by atoms with Crippen LogP contribution in [-0.4, -0.2) is 29.8 Å². The first kappa shape index (κ1) is 19.9. The summed E-state index contributed by atoms with van der Waals surface area (Å²) >= 11 is 6.12. The van der Waals surface area contributed by atoms with E-state index >= 15 is 0 Å². The van der Waals surface area contributed by atoms with Crippen molar-refractivity contribution >= 4 is 39.7 Å². The Morgan fingerprint density at radius 1 is 1.18 bits per heavy atom. The number of hydrogen-bond acceptors (Lipinski definition) is 4. The second-order valence-corrected chi connectivity index (χ2v) is 7.72. The van der Waals surface area contributed by atoms with E-state index in [0.29, 0.717) is 28.0 Å². The summed E-state index contributed by atoms with van der Waals surface area (Å²) in [6, 6.07) is 12.3. The van der Waals surface area contributed by atoms with Gasteiger partial charge in [0.1, 0.15) is 0 Å². The maximum absolute atomic E-state index is 13.1. The quantitative estimate of drug-likeness (QED) is 0.704. The smallest absolute Gasteiger partial charge is 0.276 e. The number of carbonyl (C=O) groups is 1. The number of nitrogens with zero attached hydrogens (tertiary/aromatic N) is 3. The molecule has 3 rings (SSSR count). The summed E-state index contributed by atoms with van der Waals surface area (Å²) in [5.74, 6) is -0.172. The Bertz CT molecular complexity index is 1090. The molecule has 3 aromatic rings. The summed E-state index contributed by atoms with van der Waals surface area (Å²) < 4.78 is 1.37. The third kappa shape index (κ3) is 4.02. The monoisotopic (exact) mass is 398 g/mol. The van der Waals surface area contributed by atoms with E-state index in [1.54, 1.807) is 36.4 Å². The second-order valence-electron chi connectivity index (χ2n) is 7.29. The van der Waals surface area contributed by atoms with Gasteiger partial charge in [0.25, 0.3) is 11.5 Å². The number of amides is 1. The van der Waals surface area contributed by atoms with E-state index in [0.717, 1.165) is 5.69 Å². The van der Waals surface area contributed by atoms with Crippen molar-refractivity contribution in [3.63, 3.8) is 0 Å². The van der Waals surface area contributed by atoms with Crippen molar-refractivity contribution in [3.05, 3.63) is 63.5 Å². The fourth-order valence-corrected chi connectivity index (χ4v) is 3.22. The van der Waals surface area contributed by atoms with Crippen LogP contribution >= 0.6 is 11.6 Å². The fourth-order valence-electron chi connectivity index (χ4n) is 3.05. The second kappa shape index (κ2) is 8.02. The molecule has 0 aliphatic carbocycles. The van der Waals surface area contributed by atoms with Gasteiger partial charge in [0.15, 0.2) is 5.69 Å². The van der Waals surface area contributed by atoms with Crippen LogP contribution in [0.15, 0.2) is 47.3 Å². The number of benzene rings is 2. The Kier molecular flexibility index (Phi) is 5.70. The normalized spacial score (nSPS) is 11.1. The van der Waals surface area contributed by atoms with Crippen LogP contribution in [-0.2, 0) is 6.54 Å². The lowest BCUT2D eigenvalue weighted by atomic mass is 10.1. The summed E-state index contributed by atoms with van der Waals surface area (Å²) in [7, 11) is 3.77. The van der Waals surface area contributed by atoms with Gasteiger partial charge >= 0.3 is 0 Å². The first-order valence-electron chi connectivity index (χ1n) is 9.06. The van der Waals surface area contributed by atoms with Crippen molar-refractivity contribution in [2.75, 3.05) is 24.3 Å². The summed E-state index contributed by atoms with van der Waals surface area (Å²) in [6.07, 6.45) is 0. The molecule has 0 radical (unpaired) electrons. The minimum absolute atomic E-state index is 0.197. The largest absolute Gasteiger partial charge is 0.376 e. The Balaban J connectivity index is 2.11. The molecular formula is C21H23ClN4O2. The van der Waals surface area contributed by atoms with Crippen molar-refractivity contribution in [1.29, 1.82) is 0 Å². The standard InChI is InChI=1S/C21H23ClN4O2/c1-13(2)12-26-21(28)16-8-6-5-7-15(16)19(24-26)20(27)23-17-11-14(22)9-10-18(17)25(3)4/h5-11,13H,12H2,1-4H3,(H,23,27). The number of rotatable bonds is 5. The first-order chi connectivity index (χ1) is 13.3. The molecule has 0 atom stereocenters. The van der Waals surface area contributed by atoms with Gasteiger partial charge in [-0.1, -0.05) is 43.6 Å². The molecule has 2 aromatic carbocycles. The Morgan fingerprint density at radius 3 is 2.50 bits per heavy atom. The molecule has 0 aliphatic rings. The van der Waals surface area contributed by atoms with E-state index in [1.807, 2.05) is 38.9 Å². The van der Waals surface area contributed by atoms with Crippen molar-refractivity contribution in [1.82, 2.24) is 9.78 Å². The van der Waals surface area contributed by atoms with E-state index in [2.05, 4.69) is 10.4 Å². The number of fused-ring (bicyclic) bond motifs is 1. The number of carbonyl (C=O) groups excluding carboxylic acids is 1. The zero-order valence-corrected chi connectivity index (χ0v) is 17.1. The lowest BCUT2D eigenvalue weighted by Crippen LogP contribution is -2.29. The predicted molar refractivity (Wildman–Crippen MR) is 115 cm³/mol. The lowest BCUT2D eigenvalue weighted by molar-refractivity contribution is 0.102. The van der Waals surface area contributed by atoms with E-state index in [1.165, 1.54) is 4.68 Å². The van der Waals surface area contributed by atoms with Crippen LogP contribution in [0.1, 0.15) is 24.3 Å². The van der Waals surface area contributed by atoms with E-state index < -0.39 is 0 Å². The van der Waals surface area contributed by atoms with Gasteiger partial charge in [0, 0.05) is 31.0 Å². The maximum atomic E-state index is 13.1. The van der Waals surface area contributed by atoms with Gasteiger partial charge in [0.2, 0.25) is 0 Å². The molecule has 0 fully saturated rings. The molecule has 146 valence electrons. The molecule has 0 saturated heterocycles. The van der Waals surface area contributed by atoms with Gasteiger partial charge in [-0.2, -0.15) is 5.10 Å². The Morgan fingerprint density at radius 2 is 1.86 bits per heavy atom. The van der Waals surface area contributed by atoms with Gasteiger partial charge in [-0.25, -0.2) is 4.68 Å². The summed E-state index contributed by atoms with van der Waals surface area (Å²) in [6.45, 7) is 4.43. The van der Waals surface area contributed by atoms with Crippen LogP contribution in [0.3, 0.4) is 0 Å². The topological polar surface area (TPSA) is 67.2 Å². The zero-order valence-electron chi connectivity index (χ0n) is 16.4. The third-order valence-corrected chi connectivity index (χ3v) is 4.54. The molecule has 1 amide bonds. The molecule has 1 aromatic heterocycles. The minimum Gasteiger partial charge on any atom is -0.376 e. The molecule has 7 heteroatoms. The van der Waals surface area contributed by atoms with E-state index in [4.69, 9.17) is 11.6 Å². The Hall–Kier alpha value is -2.86. The van der Waals surface area contributed by atoms with Gasteiger partial charge in [-0.15, -0.1) is 0 Å². The number of halogens is 1. The summed E-state index contributed by atoms with van der Waals surface area (Å²) in [5, 5.41) is 8.80. The molecule has 0 saturated carbocycles. The maximum Gasteiger partial charge on any atom is 0.276 e. The average Bonchev–Trinajstić information content (AvgIpc) is 2.63. The van der Waals surface area contributed by atoms with Crippen LogP contribution in [0.25, 0.3) is 10.8 Å². The molecule has 0 aliphatic heterocycles.